The van der Waals surface area contributed by atoms with Crippen molar-refractivity contribution in [3.63, 3.8) is 0 Å². The first kappa shape index (κ1) is 16.5. The number of benzene rings is 1. The van der Waals surface area contributed by atoms with E-state index in [0.29, 0.717) is 4.47 Å². The Labute approximate surface area is 142 Å². The Bertz CT molecular complexity index is 795. The van der Waals surface area contributed by atoms with Gasteiger partial charge in [0.25, 0.3) is 10.0 Å². The van der Waals surface area contributed by atoms with Gasteiger partial charge in [-0.05, 0) is 52.7 Å². The summed E-state index contributed by atoms with van der Waals surface area (Å²) in [6.45, 7) is 1.78. The average Bonchev–Trinajstić information content (AvgIpc) is 2.69. The molecular formula is C12H9Br2NO4S2. The molecule has 0 radical (unpaired) electrons. The maximum atomic E-state index is 12.3. The molecule has 2 rings (SSSR count). The predicted molar refractivity (Wildman–Crippen MR) is 88.7 cm³/mol. The number of rotatable bonds is 4. The van der Waals surface area contributed by atoms with Crippen LogP contribution in [0.3, 0.4) is 0 Å². The van der Waals surface area contributed by atoms with Crippen LogP contribution in [0.25, 0.3) is 0 Å². The van der Waals surface area contributed by atoms with Crippen LogP contribution in [0, 0.1) is 6.92 Å². The van der Waals surface area contributed by atoms with E-state index in [0.717, 1.165) is 20.7 Å². The molecule has 0 bridgehead atoms. The summed E-state index contributed by atoms with van der Waals surface area (Å²) in [6, 6.07) is 5.80. The van der Waals surface area contributed by atoms with Gasteiger partial charge in [-0.1, -0.05) is 15.9 Å². The van der Waals surface area contributed by atoms with Crippen molar-refractivity contribution in [2.45, 2.75) is 11.1 Å². The Morgan fingerprint density at radius 3 is 2.48 bits per heavy atom. The van der Waals surface area contributed by atoms with E-state index < -0.39 is 16.0 Å². The van der Waals surface area contributed by atoms with E-state index in [-0.39, 0.29) is 15.5 Å². The molecule has 21 heavy (non-hydrogen) atoms. The van der Waals surface area contributed by atoms with Gasteiger partial charge in [-0.15, -0.1) is 11.3 Å². The standard InChI is InChI=1S/C12H9Br2NO4S2/c1-6-4-10(20-11(6)14)21(18,19)15-9-5-7(13)2-3-8(9)12(16)17/h2-5,15H,1H3,(H,16,17). The number of aryl methyl sites for hydroxylation is 1. The van der Waals surface area contributed by atoms with Crippen molar-refractivity contribution in [1.29, 1.82) is 0 Å². The fourth-order valence-corrected chi connectivity index (χ4v) is 5.20. The summed E-state index contributed by atoms with van der Waals surface area (Å²) < 4.78 is 28.4. The number of nitrogens with one attached hydrogen (secondary N) is 1. The number of hydrogen-bond acceptors (Lipinski definition) is 4. The lowest BCUT2D eigenvalue weighted by atomic mass is 10.2. The second-order valence-electron chi connectivity index (χ2n) is 4.12. The van der Waals surface area contributed by atoms with Gasteiger partial charge in [-0.3, -0.25) is 4.72 Å². The van der Waals surface area contributed by atoms with E-state index >= 15 is 0 Å². The first-order chi connectivity index (χ1) is 9.70. The average molecular weight is 455 g/mol. The van der Waals surface area contributed by atoms with Crippen LogP contribution in [-0.4, -0.2) is 19.5 Å². The lowest BCUT2D eigenvalue weighted by Crippen LogP contribution is -2.14. The Morgan fingerprint density at radius 1 is 1.29 bits per heavy atom. The molecule has 112 valence electrons. The second-order valence-corrected chi connectivity index (χ2v) is 9.32. The van der Waals surface area contributed by atoms with Gasteiger partial charge in [-0.25, -0.2) is 13.2 Å². The molecule has 0 atom stereocenters. The zero-order chi connectivity index (χ0) is 15.8. The molecule has 1 aromatic carbocycles. The molecule has 1 heterocycles. The van der Waals surface area contributed by atoms with Crippen LogP contribution < -0.4 is 4.72 Å². The third-order valence-electron chi connectivity index (χ3n) is 2.56. The number of sulfonamides is 1. The molecule has 0 aliphatic rings. The summed E-state index contributed by atoms with van der Waals surface area (Å²) in [7, 11) is -3.83. The van der Waals surface area contributed by atoms with Crippen molar-refractivity contribution in [2.24, 2.45) is 0 Å². The zero-order valence-corrected chi connectivity index (χ0v) is 15.4. The number of carbonyl (C=O) groups is 1. The summed E-state index contributed by atoms with van der Waals surface area (Å²) in [5.41, 5.74) is 0.696. The smallest absolute Gasteiger partial charge is 0.337 e. The lowest BCUT2D eigenvalue weighted by Gasteiger charge is -2.09. The monoisotopic (exact) mass is 453 g/mol. The minimum atomic E-state index is -3.83. The Hall–Kier alpha value is -0.900. The molecule has 2 aromatic rings. The molecule has 0 amide bonds. The van der Waals surface area contributed by atoms with Crippen LogP contribution in [-0.2, 0) is 10.0 Å². The van der Waals surface area contributed by atoms with Crippen molar-refractivity contribution in [3.05, 3.63) is 43.7 Å². The topological polar surface area (TPSA) is 83.5 Å². The minimum absolute atomic E-state index is 0.0130. The maximum Gasteiger partial charge on any atom is 0.337 e. The van der Waals surface area contributed by atoms with Gasteiger partial charge in [-0.2, -0.15) is 0 Å². The number of carboxylic acid groups (broad SMARTS) is 1. The van der Waals surface area contributed by atoms with Gasteiger partial charge in [0.15, 0.2) is 0 Å². The minimum Gasteiger partial charge on any atom is -0.478 e. The number of hydrogen-bond donors (Lipinski definition) is 2. The van der Waals surface area contributed by atoms with Gasteiger partial charge in [0.1, 0.15) is 4.21 Å². The van der Waals surface area contributed by atoms with Crippen LogP contribution >= 0.6 is 43.2 Å². The molecule has 0 saturated carbocycles. The van der Waals surface area contributed by atoms with Gasteiger partial charge >= 0.3 is 5.97 Å². The van der Waals surface area contributed by atoms with Gasteiger partial charge in [0.05, 0.1) is 15.0 Å². The highest BCUT2D eigenvalue weighted by Crippen LogP contribution is 2.32. The SMILES string of the molecule is Cc1cc(S(=O)(=O)Nc2cc(Br)ccc2C(=O)O)sc1Br. The fourth-order valence-electron chi connectivity index (χ4n) is 1.55. The van der Waals surface area contributed by atoms with Gasteiger partial charge < -0.3 is 5.11 Å². The lowest BCUT2D eigenvalue weighted by molar-refractivity contribution is 0.0698. The first-order valence-electron chi connectivity index (χ1n) is 5.52. The summed E-state index contributed by atoms with van der Waals surface area (Å²) >= 11 is 7.53. The van der Waals surface area contributed by atoms with Crippen molar-refractivity contribution in [2.75, 3.05) is 4.72 Å². The molecule has 2 N–H and O–H groups in total. The van der Waals surface area contributed by atoms with Crippen LogP contribution in [0.1, 0.15) is 15.9 Å². The number of anilines is 1. The third kappa shape index (κ3) is 3.65. The van der Waals surface area contributed by atoms with Gasteiger partial charge in [0, 0.05) is 4.47 Å². The highest BCUT2D eigenvalue weighted by molar-refractivity contribution is 9.11. The fraction of sp³-hybridized carbons (Fsp3) is 0.0833. The van der Waals surface area contributed by atoms with E-state index in [1.54, 1.807) is 6.92 Å². The van der Waals surface area contributed by atoms with E-state index in [1.807, 2.05) is 0 Å². The molecule has 0 aliphatic carbocycles. The number of carboxylic acids is 1. The number of halogens is 2. The summed E-state index contributed by atoms with van der Waals surface area (Å²) in [4.78, 5) is 11.2. The second kappa shape index (κ2) is 6.07. The van der Waals surface area contributed by atoms with Crippen LogP contribution in [0.15, 0.2) is 36.7 Å². The normalized spacial score (nSPS) is 11.4. The molecule has 5 nitrogen and oxygen atoms in total. The Morgan fingerprint density at radius 2 is 1.95 bits per heavy atom. The van der Waals surface area contributed by atoms with Crippen molar-refractivity contribution >= 4 is 64.9 Å². The molecule has 0 aliphatic heterocycles. The Kier molecular flexibility index (Phi) is 4.76. The quantitative estimate of drug-likeness (QED) is 0.728. The zero-order valence-electron chi connectivity index (χ0n) is 10.6. The van der Waals surface area contributed by atoms with E-state index in [4.69, 9.17) is 5.11 Å². The van der Waals surface area contributed by atoms with Crippen molar-refractivity contribution in [1.82, 2.24) is 0 Å². The molecule has 0 unspecified atom stereocenters. The summed E-state index contributed by atoms with van der Waals surface area (Å²) in [5, 5.41) is 9.12. The van der Waals surface area contributed by atoms with Crippen LogP contribution in [0.4, 0.5) is 5.69 Å². The highest BCUT2D eigenvalue weighted by Gasteiger charge is 2.21. The molecular weight excluding hydrogens is 446 g/mol. The largest absolute Gasteiger partial charge is 0.478 e. The number of thiophene rings is 1. The Balaban J connectivity index is 2.45. The van der Waals surface area contributed by atoms with E-state index in [2.05, 4.69) is 36.6 Å². The van der Waals surface area contributed by atoms with E-state index in [9.17, 15) is 13.2 Å². The van der Waals surface area contributed by atoms with Gasteiger partial charge in [0.2, 0.25) is 0 Å². The molecule has 0 fully saturated rings. The third-order valence-corrected chi connectivity index (χ3v) is 7.02. The van der Waals surface area contributed by atoms with Crippen molar-refractivity contribution in [3.8, 4) is 0 Å². The highest BCUT2D eigenvalue weighted by atomic mass is 79.9. The molecule has 9 heteroatoms. The van der Waals surface area contributed by atoms with E-state index in [1.165, 1.54) is 24.3 Å². The number of aromatic carboxylic acids is 1. The molecule has 1 aromatic heterocycles. The first-order valence-corrected chi connectivity index (χ1v) is 9.41. The predicted octanol–water partition coefficient (Wildman–Crippen LogP) is 4.08. The molecule has 0 saturated heterocycles. The van der Waals surface area contributed by atoms with Crippen LogP contribution in [0.5, 0.6) is 0 Å². The maximum absolute atomic E-state index is 12.3. The van der Waals surface area contributed by atoms with Crippen LogP contribution in [0.2, 0.25) is 0 Å². The van der Waals surface area contributed by atoms with Crippen molar-refractivity contribution < 1.29 is 18.3 Å². The summed E-state index contributed by atoms with van der Waals surface area (Å²) in [5.74, 6) is -1.20. The summed E-state index contributed by atoms with van der Waals surface area (Å²) in [6.07, 6.45) is 0. The molecule has 0 spiro atoms.